The van der Waals surface area contributed by atoms with E-state index in [4.69, 9.17) is 0 Å². The monoisotopic (exact) mass is 330 g/mol. The number of rotatable bonds is 4. The second-order valence-corrected chi connectivity index (χ2v) is 6.56. The third kappa shape index (κ3) is 3.22. The van der Waals surface area contributed by atoms with Gasteiger partial charge in [0.2, 0.25) is 5.91 Å². The summed E-state index contributed by atoms with van der Waals surface area (Å²) in [5.41, 5.74) is 3.80. The van der Waals surface area contributed by atoms with Crippen molar-refractivity contribution < 1.29 is 4.79 Å². The summed E-state index contributed by atoms with van der Waals surface area (Å²) < 4.78 is 0. The van der Waals surface area contributed by atoms with Gasteiger partial charge in [-0.1, -0.05) is 24.3 Å². The Morgan fingerprint density at radius 1 is 1.17 bits per heavy atom. The second-order valence-electron chi connectivity index (χ2n) is 6.56. The molecule has 1 aliphatic carbocycles. The van der Waals surface area contributed by atoms with Gasteiger partial charge in [0, 0.05) is 17.5 Å². The van der Waals surface area contributed by atoms with Gasteiger partial charge in [-0.05, 0) is 67.3 Å². The van der Waals surface area contributed by atoms with Crippen LogP contribution in [0.15, 0.2) is 30.3 Å². The molecule has 1 aliphatic heterocycles. The summed E-state index contributed by atoms with van der Waals surface area (Å²) >= 11 is 0. The molecule has 0 saturated carbocycles. The lowest BCUT2D eigenvalue weighted by molar-refractivity contribution is -0.116. The van der Waals surface area contributed by atoms with Crippen molar-refractivity contribution in [1.29, 1.82) is 0 Å². The number of carbonyl (C=O) groups excluding carboxylic acids is 1. The van der Waals surface area contributed by atoms with Gasteiger partial charge in [0.1, 0.15) is 0 Å². The number of halogens is 1. The fourth-order valence-corrected chi connectivity index (χ4v) is 3.86. The van der Waals surface area contributed by atoms with Gasteiger partial charge in [-0.2, -0.15) is 0 Å². The molecule has 0 bridgehead atoms. The smallest absolute Gasteiger partial charge is 0.224 e. The zero-order valence-electron chi connectivity index (χ0n) is 13.2. The standard InChI is InChI=1S/C19H22N2O.ClH/c22-18(9-4-13-10-11-20-12-13)21-17-8-7-15-6-5-14-2-1-3-16(17)19(14)15;/h1-3,7-8,13,20H,4-6,9-12H2,(H,21,22);1H. The highest BCUT2D eigenvalue weighted by molar-refractivity contribution is 6.05. The van der Waals surface area contributed by atoms with E-state index >= 15 is 0 Å². The Morgan fingerprint density at radius 2 is 2.00 bits per heavy atom. The minimum absolute atomic E-state index is 0. The fourth-order valence-electron chi connectivity index (χ4n) is 3.86. The number of hydrogen-bond donors (Lipinski definition) is 2. The van der Waals surface area contributed by atoms with Gasteiger partial charge >= 0.3 is 0 Å². The molecule has 4 rings (SSSR count). The lowest BCUT2D eigenvalue weighted by Crippen LogP contribution is -2.15. The second kappa shape index (κ2) is 6.90. The number of hydrogen-bond acceptors (Lipinski definition) is 2. The molecule has 0 aromatic heterocycles. The van der Waals surface area contributed by atoms with Gasteiger partial charge in [-0.25, -0.2) is 0 Å². The minimum atomic E-state index is 0. The Kier molecular flexibility index (Phi) is 4.88. The lowest BCUT2D eigenvalue weighted by atomic mass is 10.0. The predicted octanol–water partition coefficient (Wildman–Crippen LogP) is 3.69. The van der Waals surface area contributed by atoms with Crippen LogP contribution in [0, 0.1) is 5.92 Å². The molecule has 4 heteroatoms. The molecular weight excluding hydrogens is 308 g/mol. The third-order valence-electron chi connectivity index (χ3n) is 5.09. The zero-order chi connectivity index (χ0) is 14.9. The molecule has 1 heterocycles. The quantitative estimate of drug-likeness (QED) is 0.897. The summed E-state index contributed by atoms with van der Waals surface area (Å²) in [6, 6.07) is 10.7. The van der Waals surface area contributed by atoms with Crippen LogP contribution in [0.2, 0.25) is 0 Å². The summed E-state index contributed by atoms with van der Waals surface area (Å²) in [6.07, 6.45) is 5.06. The summed E-state index contributed by atoms with van der Waals surface area (Å²) in [7, 11) is 0. The fraction of sp³-hybridized carbons (Fsp3) is 0.421. The van der Waals surface area contributed by atoms with Crippen molar-refractivity contribution in [3.8, 4) is 0 Å². The SMILES string of the molecule is Cl.O=C(CCC1CCNC1)Nc1ccc2c3c(cccc13)CC2. The van der Waals surface area contributed by atoms with Gasteiger partial charge in [0.25, 0.3) is 0 Å². The van der Waals surface area contributed by atoms with Crippen molar-refractivity contribution in [1.82, 2.24) is 5.32 Å². The van der Waals surface area contributed by atoms with Gasteiger partial charge in [0.15, 0.2) is 0 Å². The zero-order valence-corrected chi connectivity index (χ0v) is 14.0. The molecule has 3 nitrogen and oxygen atoms in total. The summed E-state index contributed by atoms with van der Waals surface area (Å²) in [6.45, 7) is 2.16. The first-order chi connectivity index (χ1) is 10.8. The van der Waals surface area contributed by atoms with Gasteiger partial charge in [-0.3, -0.25) is 4.79 Å². The molecule has 2 N–H and O–H groups in total. The van der Waals surface area contributed by atoms with E-state index in [-0.39, 0.29) is 18.3 Å². The van der Waals surface area contributed by atoms with Crippen molar-refractivity contribution in [3.05, 3.63) is 41.5 Å². The van der Waals surface area contributed by atoms with Gasteiger partial charge in [-0.15, -0.1) is 12.4 Å². The molecule has 2 aromatic rings. The first kappa shape index (κ1) is 16.3. The van der Waals surface area contributed by atoms with Crippen molar-refractivity contribution in [2.24, 2.45) is 5.92 Å². The van der Waals surface area contributed by atoms with Gasteiger partial charge in [0.05, 0.1) is 0 Å². The third-order valence-corrected chi connectivity index (χ3v) is 5.09. The van der Waals surface area contributed by atoms with Crippen LogP contribution < -0.4 is 10.6 Å². The molecule has 23 heavy (non-hydrogen) atoms. The molecule has 0 radical (unpaired) electrons. The maximum Gasteiger partial charge on any atom is 0.224 e. The molecule has 1 unspecified atom stereocenters. The molecule has 1 fully saturated rings. The molecule has 1 saturated heterocycles. The lowest BCUT2D eigenvalue weighted by Gasteiger charge is -2.12. The highest BCUT2D eigenvalue weighted by Gasteiger charge is 2.18. The van der Waals surface area contributed by atoms with Crippen LogP contribution in [-0.2, 0) is 17.6 Å². The normalized spacial score (nSPS) is 18.9. The Hall–Kier alpha value is -1.58. The van der Waals surface area contributed by atoms with Crippen LogP contribution in [0.5, 0.6) is 0 Å². The van der Waals surface area contributed by atoms with Crippen LogP contribution in [0.3, 0.4) is 0 Å². The van der Waals surface area contributed by atoms with Crippen molar-refractivity contribution in [3.63, 3.8) is 0 Å². The molecule has 122 valence electrons. The average molecular weight is 331 g/mol. The van der Waals surface area contributed by atoms with Crippen LogP contribution in [0.1, 0.15) is 30.4 Å². The summed E-state index contributed by atoms with van der Waals surface area (Å²) in [5, 5.41) is 9.05. The highest BCUT2D eigenvalue weighted by Crippen LogP contribution is 2.35. The first-order valence-corrected chi connectivity index (χ1v) is 8.35. The van der Waals surface area contributed by atoms with Crippen LogP contribution in [-0.4, -0.2) is 19.0 Å². The number of benzene rings is 2. The molecule has 1 amide bonds. The highest BCUT2D eigenvalue weighted by atomic mass is 35.5. The van der Waals surface area contributed by atoms with E-state index in [1.54, 1.807) is 0 Å². The molecule has 2 aliphatic rings. The number of anilines is 1. The van der Waals surface area contributed by atoms with Gasteiger partial charge < -0.3 is 10.6 Å². The van der Waals surface area contributed by atoms with E-state index in [1.165, 1.54) is 28.3 Å². The Balaban J connectivity index is 0.00000156. The molecule has 1 atom stereocenters. The number of carbonyl (C=O) groups is 1. The first-order valence-electron chi connectivity index (χ1n) is 8.35. The molecule has 2 aromatic carbocycles. The number of aryl methyl sites for hydroxylation is 2. The Bertz CT molecular complexity index is 712. The van der Waals surface area contributed by atoms with Crippen molar-refractivity contribution in [2.75, 3.05) is 18.4 Å². The van der Waals surface area contributed by atoms with Crippen LogP contribution >= 0.6 is 12.4 Å². The number of amides is 1. The van der Waals surface area contributed by atoms with E-state index in [2.05, 4.69) is 41.0 Å². The largest absolute Gasteiger partial charge is 0.326 e. The van der Waals surface area contributed by atoms with Crippen molar-refractivity contribution in [2.45, 2.75) is 32.1 Å². The van der Waals surface area contributed by atoms with Crippen LogP contribution in [0.25, 0.3) is 10.8 Å². The van der Waals surface area contributed by atoms with E-state index < -0.39 is 0 Å². The van der Waals surface area contributed by atoms with Crippen molar-refractivity contribution >= 4 is 34.8 Å². The molecule has 0 spiro atoms. The summed E-state index contributed by atoms with van der Waals surface area (Å²) in [5.74, 6) is 0.809. The summed E-state index contributed by atoms with van der Waals surface area (Å²) in [4.78, 5) is 12.3. The molecular formula is C19H23ClN2O. The average Bonchev–Trinajstić information content (AvgIpc) is 3.19. The van der Waals surface area contributed by atoms with E-state index in [1.807, 2.05) is 0 Å². The predicted molar refractivity (Wildman–Crippen MR) is 97.4 cm³/mol. The topological polar surface area (TPSA) is 41.1 Å². The minimum Gasteiger partial charge on any atom is -0.326 e. The maximum atomic E-state index is 12.3. The van der Waals surface area contributed by atoms with E-state index in [0.717, 1.165) is 38.0 Å². The Morgan fingerprint density at radius 3 is 2.78 bits per heavy atom. The maximum absolute atomic E-state index is 12.3. The number of nitrogens with one attached hydrogen (secondary N) is 2. The van der Waals surface area contributed by atoms with E-state index in [9.17, 15) is 4.79 Å². The van der Waals surface area contributed by atoms with E-state index in [0.29, 0.717) is 12.3 Å². The van der Waals surface area contributed by atoms with Crippen LogP contribution in [0.4, 0.5) is 5.69 Å². The Labute approximate surface area is 143 Å².